The summed E-state index contributed by atoms with van der Waals surface area (Å²) in [7, 11) is 0. The van der Waals surface area contributed by atoms with E-state index in [9.17, 15) is 20.4 Å². The van der Waals surface area contributed by atoms with Crippen molar-refractivity contribution in [1.82, 2.24) is 0 Å². The standard InChI is InChI=1S/C28H18Cl4O4/c29-21-11-14-2-6-16-18(12-22(30)28(36)25(16)32)17-7-5-15(24(31)27(17)35)4-1-13-3-8-23(33)19(9-13)20(10-14)26(21)34/h1,3-5,7-12,33-36H,2,6H2/b4-1-. The summed E-state index contributed by atoms with van der Waals surface area (Å²) in [5.41, 5.74) is 4.32. The minimum Gasteiger partial charge on any atom is -0.507 e. The maximum absolute atomic E-state index is 11.0. The van der Waals surface area contributed by atoms with Crippen LogP contribution in [0.5, 0.6) is 23.0 Å². The fourth-order valence-corrected chi connectivity index (χ4v) is 5.41. The van der Waals surface area contributed by atoms with E-state index in [0.717, 1.165) is 11.1 Å². The van der Waals surface area contributed by atoms with Gasteiger partial charge in [-0.25, -0.2) is 0 Å². The van der Waals surface area contributed by atoms with E-state index in [1.54, 1.807) is 54.6 Å². The average Bonchev–Trinajstić information content (AvgIpc) is 2.85. The third kappa shape index (κ3) is 4.25. The molecule has 8 heteroatoms. The van der Waals surface area contributed by atoms with Crippen LogP contribution >= 0.6 is 46.4 Å². The smallest absolute Gasteiger partial charge is 0.153 e. The molecule has 0 unspecified atom stereocenters. The van der Waals surface area contributed by atoms with Crippen molar-refractivity contribution >= 4 is 58.6 Å². The second-order valence-corrected chi connectivity index (χ2v) is 10.1. The van der Waals surface area contributed by atoms with Crippen LogP contribution in [0.1, 0.15) is 22.3 Å². The van der Waals surface area contributed by atoms with Gasteiger partial charge in [0.25, 0.3) is 0 Å². The number of phenols is 4. The number of phenolic OH excluding ortho intramolecular Hbond substituents is 4. The fourth-order valence-electron chi connectivity index (χ4n) is 4.39. The highest BCUT2D eigenvalue weighted by Crippen LogP contribution is 2.47. The lowest BCUT2D eigenvalue weighted by Gasteiger charge is -2.18. The molecular weight excluding hydrogens is 542 g/mol. The van der Waals surface area contributed by atoms with Crippen molar-refractivity contribution in [1.29, 1.82) is 0 Å². The van der Waals surface area contributed by atoms with Crippen molar-refractivity contribution in [2.45, 2.75) is 12.8 Å². The maximum atomic E-state index is 11.0. The molecule has 6 rings (SSSR count). The lowest BCUT2D eigenvalue weighted by atomic mass is 9.91. The molecule has 4 aromatic carbocycles. The topological polar surface area (TPSA) is 80.9 Å². The minimum atomic E-state index is -0.261. The van der Waals surface area contributed by atoms with Crippen molar-refractivity contribution in [2.75, 3.05) is 0 Å². The molecule has 0 radical (unpaired) electrons. The third-order valence-electron chi connectivity index (χ3n) is 6.28. The number of aromatic hydroxyl groups is 4. The zero-order valence-electron chi connectivity index (χ0n) is 18.5. The Morgan fingerprint density at radius 2 is 1.31 bits per heavy atom. The lowest BCUT2D eigenvalue weighted by molar-refractivity contribution is 0.469. The van der Waals surface area contributed by atoms with Crippen LogP contribution in [-0.4, -0.2) is 20.4 Å². The van der Waals surface area contributed by atoms with Crippen LogP contribution in [-0.2, 0) is 12.8 Å². The molecule has 4 N–H and O–H groups in total. The number of rotatable bonds is 0. The predicted octanol–water partition coefficient (Wildman–Crippen LogP) is 8.73. The van der Waals surface area contributed by atoms with Gasteiger partial charge in [0.1, 0.15) is 17.2 Å². The van der Waals surface area contributed by atoms with E-state index < -0.39 is 0 Å². The molecule has 0 saturated heterocycles. The highest BCUT2D eigenvalue weighted by molar-refractivity contribution is 6.38. The van der Waals surface area contributed by atoms with Gasteiger partial charge >= 0.3 is 0 Å². The summed E-state index contributed by atoms with van der Waals surface area (Å²) in [6.07, 6.45) is 4.25. The molecule has 182 valence electrons. The summed E-state index contributed by atoms with van der Waals surface area (Å²) in [4.78, 5) is 0. The number of benzene rings is 4. The van der Waals surface area contributed by atoms with Crippen LogP contribution in [0.2, 0.25) is 20.1 Å². The Kier molecular flexibility index (Phi) is 6.48. The number of halogens is 4. The molecule has 0 aliphatic heterocycles. The molecule has 0 atom stereocenters. The van der Waals surface area contributed by atoms with E-state index in [1.807, 2.05) is 0 Å². The van der Waals surface area contributed by atoms with Crippen molar-refractivity contribution in [3.63, 3.8) is 0 Å². The Bertz CT molecular complexity index is 1580. The van der Waals surface area contributed by atoms with E-state index in [2.05, 4.69) is 0 Å². The minimum absolute atomic E-state index is 0.0234. The summed E-state index contributed by atoms with van der Waals surface area (Å²) in [6.45, 7) is 0. The van der Waals surface area contributed by atoms with E-state index >= 15 is 0 Å². The Morgan fingerprint density at radius 3 is 2.08 bits per heavy atom. The lowest BCUT2D eigenvalue weighted by Crippen LogP contribution is -1.98. The summed E-state index contributed by atoms with van der Waals surface area (Å²) in [5.74, 6) is -0.581. The van der Waals surface area contributed by atoms with Crippen LogP contribution in [0.15, 0.2) is 48.5 Å². The second-order valence-electron chi connectivity index (χ2n) is 8.50. The van der Waals surface area contributed by atoms with E-state index in [1.165, 1.54) is 6.07 Å². The van der Waals surface area contributed by atoms with Crippen molar-refractivity contribution in [3.05, 3.63) is 90.9 Å². The molecule has 4 nitrogen and oxygen atoms in total. The molecule has 0 spiro atoms. The highest BCUT2D eigenvalue weighted by Gasteiger charge is 2.22. The Morgan fingerprint density at radius 1 is 0.556 bits per heavy atom. The molecular formula is C28H18Cl4O4. The van der Waals surface area contributed by atoms with Gasteiger partial charge in [-0.05, 0) is 77.1 Å². The quantitative estimate of drug-likeness (QED) is 0.173. The van der Waals surface area contributed by atoms with Crippen molar-refractivity contribution < 1.29 is 20.4 Å². The zero-order chi connectivity index (χ0) is 25.7. The van der Waals surface area contributed by atoms with Gasteiger partial charge in [-0.1, -0.05) is 70.7 Å². The molecule has 0 aromatic heterocycles. The molecule has 0 saturated carbocycles. The highest BCUT2D eigenvalue weighted by atomic mass is 35.5. The molecule has 36 heavy (non-hydrogen) atoms. The summed E-state index contributed by atoms with van der Waals surface area (Å²) in [6, 6.07) is 13.4. The number of fused-ring (bicyclic) bond motifs is 3. The molecule has 0 heterocycles. The van der Waals surface area contributed by atoms with Crippen LogP contribution < -0.4 is 0 Å². The molecule has 0 fully saturated rings. The largest absolute Gasteiger partial charge is 0.507 e. The van der Waals surface area contributed by atoms with E-state index in [-0.39, 0.29) is 43.1 Å². The van der Waals surface area contributed by atoms with Gasteiger partial charge in [-0.3, -0.25) is 0 Å². The summed E-state index contributed by atoms with van der Waals surface area (Å²) in [5, 5.41) is 43.1. The monoisotopic (exact) mass is 558 g/mol. The van der Waals surface area contributed by atoms with Crippen LogP contribution in [0.3, 0.4) is 0 Å². The molecule has 2 aliphatic carbocycles. The van der Waals surface area contributed by atoms with Crippen molar-refractivity contribution in [3.8, 4) is 45.3 Å². The molecule has 4 aromatic rings. The number of hydrogen-bond acceptors (Lipinski definition) is 4. The van der Waals surface area contributed by atoms with Gasteiger partial charge in [-0.2, -0.15) is 0 Å². The summed E-state index contributed by atoms with van der Waals surface area (Å²) < 4.78 is 0. The van der Waals surface area contributed by atoms with Crippen LogP contribution in [0.4, 0.5) is 0 Å². The van der Waals surface area contributed by atoms with E-state index in [4.69, 9.17) is 46.4 Å². The molecule has 6 bridgehead atoms. The Balaban J connectivity index is 1.81. The van der Waals surface area contributed by atoms with E-state index in [0.29, 0.717) is 46.2 Å². The third-order valence-corrected chi connectivity index (χ3v) is 7.67. The SMILES string of the molecule is Oc1ccc2cc1-c1cc(cc(Cl)c1O)CCc1c(cc(Cl)c(O)c1Cl)-c1ccc(c(Cl)c1O)/C=C\2. The number of aryl methyl sites for hydroxylation is 1. The van der Waals surface area contributed by atoms with Gasteiger partial charge in [-0.15, -0.1) is 0 Å². The molecule has 0 amide bonds. The average molecular weight is 560 g/mol. The first-order valence-corrected chi connectivity index (χ1v) is 12.4. The maximum Gasteiger partial charge on any atom is 0.153 e. The normalized spacial score (nSPS) is 13.4. The molecule has 2 aliphatic rings. The van der Waals surface area contributed by atoms with Gasteiger partial charge in [0.05, 0.1) is 20.1 Å². The first kappa shape index (κ1) is 24.7. The second kappa shape index (κ2) is 9.45. The van der Waals surface area contributed by atoms with Crippen LogP contribution in [0.25, 0.3) is 34.4 Å². The van der Waals surface area contributed by atoms with Gasteiger partial charge in [0.2, 0.25) is 0 Å². The predicted molar refractivity (Wildman–Crippen MR) is 147 cm³/mol. The zero-order valence-corrected chi connectivity index (χ0v) is 21.5. The first-order chi connectivity index (χ1) is 17.2. The van der Waals surface area contributed by atoms with Gasteiger partial charge < -0.3 is 20.4 Å². The Labute approximate surface area is 227 Å². The van der Waals surface area contributed by atoms with Crippen molar-refractivity contribution in [2.24, 2.45) is 0 Å². The van der Waals surface area contributed by atoms with Crippen LogP contribution in [0, 0.1) is 0 Å². The van der Waals surface area contributed by atoms with Gasteiger partial charge in [0, 0.05) is 16.7 Å². The number of hydrogen-bond donors (Lipinski definition) is 4. The Hall–Kier alpha value is -3.02. The first-order valence-electron chi connectivity index (χ1n) is 10.9. The fraction of sp³-hybridized carbons (Fsp3) is 0.0714. The van der Waals surface area contributed by atoms with Gasteiger partial charge in [0.15, 0.2) is 5.75 Å². The summed E-state index contributed by atoms with van der Waals surface area (Å²) >= 11 is 25.7.